The van der Waals surface area contributed by atoms with E-state index >= 15 is 0 Å². The highest BCUT2D eigenvalue weighted by Crippen LogP contribution is 2.43. The highest BCUT2D eigenvalue weighted by atomic mass is 31.2. The number of unbranched alkanes of at least 4 members (excludes halogenated alkanes) is 14. The Bertz CT molecular complexity index is 1220. The number of phosphoric ester groups is 1. The van der Waals surface area contributed by atoms with Gasteiger partial charge in [-0.25, -0.2) is 4.57 Å². The third kappa shape index (κ3) is 43.0. The van der Waals surface area contributed by atoms with Gasteiger partial charge in [-0.15, -0.1) is 0 Å². The van der Waals surface area contributed by atoms with Crippen molar-refractivity contribution in [2.75, 3.05) is 47.5 Å². The summed E-state index contributed by atoms with van der Waals surface area (Å²) in [5.74, 6) is -0.876. The molecule has 0 spiro atoms. The van der Waals surface area contributed by atoms with Crippen molar-refractivity contribution in [3.8, 4) is 0 Å². The molecule has 0 aliphatic heterocycles. The van der Waals surface area contributed by atoms with Crippen LogP contribution in [0.4, 0.5) is 0 Å². The van der Waals surface area contributed by atoms with E-state index < -0.39 is 32.5 Å². The number of likely N-dealkylation sites (N-methyl/N-ethyl adjacent to an activating group) is 1. The Hall–Kier alpha value is -2.55. The van der Waals surface area contributed by atoms with Crippen molar-refractivity contribution in [2.45, 2.75) is 174 Å². The second-order valence-electron chi connectivity index (χ2n) is 16.0. The van der Waals surface area contributed by atoms with Gasteiger partial charge >= 0.3 is 19.8 Å². The quantitative estimate of drug-likeness (QED) is 0.0214. The fourth-order valence-corrected chi connectivity index (χ4v) is 6.43. The largest absolute Gasteiger partial charge is 0.472 e. The number of allylic oxidation sites excluding steroid dienone is 12. The fraction of sp³-hybridized carbons (Fsp3) is 0.708. The number of carbonyl (C=O) groups is 2. The van der Waals surface area contributed by atoms with Crippen molar-refractivity contribution in [2.24, 2.45) is 0 Å². The molecule has 1 unspecified atom stereocenters. The normalized spacial score (nSPS) is 14.2. The minimum absolute atomic E-state index is 0.0171. The molecule has 10 heteroatoms. The zero-order chi connectivity index (χ0) is 42.8. The van der Waals surface area contributed by atoms with Gasteiger partial charge in [-0.2, -0.15) is 0 Å². The van der Waals surface area contributed by atoms with E-state index in [1.54, 1.807) is 0 Å². The minimum Gasteiger partial charge on any atom is -0.462 e. The number of phosphoric acid groups is 1. The lowest BCUT2D eigenvalue weighted by atomic mass is 10.1. The molecule has 0 saturated carbocycles. The topological polar surface area (TPSA) is 108 Å². The molecule has 0 aromatic carbocycles. The van der Waals surface area contributed by atoms with Gasteiger partial charge in [0.2, 0.25) is 0 Å². The van der Waals surface area contributed by atoms with Crippen LogP contribution in [0.3, 0.4) is 0 Å². The second kappa shape index (κ2) is 39.9. The monoisotopic (exact) mass is 835 g/mol. The van der Waals surface area contributed by atoms with Gasteiger partial charge in [0, 0.05) is 12.8 Å². The summed E-state index contributed by atoms with van der Waals surface area (Å²) in [4.78, 5) is 35.4. The number of carbonyl (C=O) groups excluding carboxylic acids is 2. The molecule has 334 valence electrons. The minimum atomic E-state index is -4.40. The van der Waals surface area contributed by atoms with Gasteiger partial charge in [0.1, 0.15) is 19.8 Å². The Morgan fingerprint density at radius 3 is 1.53 bits per heavy atom. The zero-order valence-corrected chi connectivity index (χ0v) is 38.4. The summed E-state index contributed by atoms with van der Waals surface area (Å²) < 4.78 is 34.3. The zero-order valence-electron chi connectivity index (χ0n) is 37.5. The lowest BCUT2D eigenvalue weighted by Gasteiger charge is -2.24. The van der Waals surface area contributed by atoms with Crippen LogP contribution in [0.2, 0.25) is 0 Å². The van der Waals surface area contributed by atoms with E-state index in [1.165, 1.54) is 64.2 Å². The summed E-state index contributed by atoms with van der Waals surface area (Å²) in [5.41, 5.74) is 0. The SMILES string of the molecule is CC/C=C/C/C=C/C/C=C/C/C=C/C/C=C/CCCC(=O)O[C@H](COC(=O)CCCCCCCCC/C=C/CCCCCCCC)COP(=O)(O)OCC[N+](C)(C)C. The van der Waals surface area contributed by atoms with Gasteiger partial charge < -0.3 is 18.9 Å². The lowest BCUT2D eigenvalue weighted by molar-refractivity contribution is -0.870. The molecule has 0 aromatic heterocycles. The molecule has 0 fully saturated rings. The number of hydrogen-bond acceptors (Lipinski definition) is 7. The first kappa shape index (κ1) is 55.5. The van der Waals surface area contributed by atoms with Crippen LogP contribution in [0, 0.1) is 0 Å². The molecule has 0 saturated heterocycles. The molecule has 9 nitrogen and oxygen atoms in total. The Kier molecular flexibility index (Phi) is 38.1. The van der Waals surface area contributed by atoms with Crippen molar-refractivity contribution >= 4 is 19.8 Å². The van der Waals surface area contributed by atoms with Gasteiger partial charge in [-0.3, -0.25) is 18.6 Å². The van der Waals surface area contributed by atoms with Crippen LogP contribution in [-0.2, 0) is 32.7 Å². The number of ether oxygens (including phenoxy) is 2. The van der Waals surface area contributed by atoms with Crippen LogP contribution in [0.5, 0.6) is 0 Å². The van der Waals surface area contributed by atoms with E-state index in [9.17, 15) is 19.0 Å². The molecule has 0 bridgehead atoms. The summed E-state index contributed by atoms with van der Waals surface area (Å²) in [6.07, 6.45) is 49.6. The molecule has 0 rings (SSSR count). The highest BCUT2D eigenvalue weighted by Gasteiger charge is 2.27. The van der Waals surface area contributed by atoms with Crippen molar-refractivity contribution in [1.82, 2.24) is 0 Å². The predicted molar refractivity (Wildman–Crippen MR) is 242 cm³/mol. The van der Waals surface area contributed by atoms with Gasteiger partial charge in [0.05, 0.1) is 27.7 Å². The van der Waals surface area contributed by atoms with Gasteiger partial charge in [-0.1, -0.05) is 151 Å². The molecule has 0 radical (unpaired) electrons. The second-order valence-corrected chi connectivity index (χ2v) is 17.5. The third-order valence-corrected chi connectivity index (χ3v) is 10.2. The van der Waals surface area contributed by atoms with Crippen molar-refractivity contribution < 1.29 is 42.1 Å². The fourth-order valence-electron chi connectivity index (χ4n) is 5.69. The van der Waals surface area contributed by atoms with E-state index in [4.69, 9.17) is 18.5 Å². The molecule has 0 aliphatic carbocycles. The third-order valence-electron chi connectivity index (χ3n) is 9.22. The van der Waals surface area contributed by atoms with Gasteiger partial charge in [-0.05, 0) is 77.0 Å². The van der Waals surface area contributed by atoms with Crippen LogP contribution < -0.4 is 0 Å². The van der Waals surface area contributed by atoms with Crippen molar-refractivity contribution in [3.05, 3.63) is 72.9 Å². The van der Waals surface area contributed by atoms with E-state index in [0.717, 1.165) is 64.2 Å². The summed E-state index contributed by atoms with van der Waals surface area (Å²) >= 11 is 0. The van der Waals surface area contributed by atoms with Gasteiger partial charge in [0.25, 0.3) is 0 Å². The number of hydrogen-bond donors (Lipinski definition) is 1. The maximum absolute atomic E-state index is 12.7. The Balaban J connectivity index is 4.45. The molecule has 0 aliphatic rings. The standard InChI is InChI=1S/C48H84NO8P/c1-6-8-10-12-14-16-18-20-22-24-26-28-30-32-34-36-38-40-47(50)54-44-46(45-56-58(52,53)55-43-42-49(3,4)5)57-48(51)41-39-37-35-33-31-29-27-25-23-21-19-17-15-13-11-9-7-2/h9,11,15,17,20-23,27,29,33,35,46H,6-8,10,12-14,16,18-19,24-26,28,30-32,34,36-45H2,1-5H3/p+1/b11-9+,17-15+,22-20+,23-21+,29-27+,35-33+/t46-/m1/s1. The maximum Gasteiger partial charge on any atom is 0.472 e. The first-order valence-corrected chi connectivity index (χ1v) is 24.2. The van der Waals surface area contributed by atoms with Crippen LogP contribution in [0.25, 0.3) is 0 Å². The molecular formula is C48H85NO8P+. The van der Waals surface area contributed by atoms with Crippen molar-refractivity contribution in [3.63, 3.8) is 0 Å². The van der Waals surface area contributed by atoms with E-state index in [0.29, 0.717) is 23.9 Å². The van der Waals surface area contributed by atoms with E-state index in [-0.39, 0.29) is 26.1 Å². The number of quaternary nitrogens is 1. The molecule has 58 heavy (non-hydrogen) atoms. The lowest BCUT2D eigenvalue weighted by Crippen LogP contribution is -2.37. The van der Waals surface area contributed by atoms with Crippen LogP contribution in [-0.4, -0.2) is 74.9 Å². The average molecular weight is 835 g/mol. The van der Waals surface area contributed by atoms with E-state index in [2.05, 4.69) is 80.7 Å². The smallest absolute Gasteiger partial charge is 0.462 e. The Morgan fingerprint density at radius 2 is 1.00 bits per heavy atom. The first-order valence-electron chi connectivity index (χ1n) is 22.7. The predicted octanol–water partition coefficient (Wildman–Crippen LogP) is 13.0. The number of rotatable bonds is 40. The Labute approximate surface area is 355 Å². The summed E-state index contributed by atoms with van der Waals surface area (Å²) in [6.45, 7) is 4.22. The number of nitrogens with zero attached hydrogens (tertiary/aromatic N) is 1. The molecular weight excluding hydrogens is 750 g/mol. The maximum atomic E-state index is 12.7. The van der Waals surface area contributed by atoms with Crippen molar-refractivity contribution in [1.29, 1.82) is 0 Å². The number of esters is 2. The van der Waals surface area contributed by atoms with Crippen LogP contribution in [0.15, 0.2) is 72.9 Å². The summed E-state index contributed by atoms with van der Waals surface area (Å²) in [7, 11) is 1.43. The average Bonchev–Trinajstić information content (AvgIpc) is 3.17. The van der Waals surface area contributed by atoms with Crippen LogP contribution in [0.1, 0.15) is 168 Å². The molecule has 2 atom stereocenters. The van der Waals surface area contributed by atoms with Crippen LogP contribution >= 0.6 is 7.82 Å². The highest BCUT2D eigenvalue weighted by molar-refractivity contribution is 7.47. The summed E-state index contributed by atoms with van der Waals surface area (Å²) in [5, 5.41) is 0. The van der Waals surface area contributed by atoms with Gasteiger partial charge in [0.15, 0.2) is 6.10 Å². The van der Waals surface area contributed by atoms with E-state index in [1.807, 2.05) is 27.2 Å². The summed E-state index contributed by atoms with van der Waals surface area (Å²) in [6, 6.07) is 0. The first-order chi connectivity index (χ1) is 28.0. The molecule has 0 heterocycles. The molecule has 1 N–H and O–H groups in total. The molecule has 0 amide bonds. The Morgan fingerprint density at radius 1 is 0.552 bits per heavy atom. The molecule has 0 aromatic rings.